The molecule has 11 heteroatoms. The Morgan fingerprint density at radius 2 is 1.47 bits per heavy atom. The molecular weight excluding hydrogens is 485 g/mol. The monoisotopic (exact) mass is 519 g/mol. The van der Waals surface area contributed by atoms with Gasteiger partial charge in [0.05, 0.1) is 6.04 Å². The predicted molar refractivity (Wildman–Crippen MR) is 135 cm³/mol. The molecule has 0 aliphatic carbocycles. The number of rotatable bonds is 13. The van der Waals surface area contributed by atoms with Gasteiger partial charge in [-0.05, 0) is 30.4 Å². The zero-order chi connectivity index (χ0) is 26.7. The third kappa shape index (κ3) is 9.81. The van der Waals surface area contributed by atoms with Crippen LogP contribution in [0.5, 0.6) is 0 Å². The Kier molecular flexibility index (Phi) is 11.1. The third-order valence-corrected chi connectivity index (χ3v) is 7.12. The van der Waals surface area contributed by atoms with E-state index in [-0.39, 0.29) is 25.4 Å². The Balaban J connectivity index is 2.21. The summed E-state index contributed by atoms with van der Waals surface area (Å²) in [5, 5.41) is 16.4. The number of aliphatic carboxylic acids is 1. The van der Waals surface area contributed by atoms with E-state index >= 15 is 0 Å². The summed E-state index contributed by atoms with van der Waals surface area (Å²) < 4.78 is 18.8. The molecule has 5 N–H and O–H groups in total. The van der Waals surface area contributed by atoms with E-state index in [4.69, 9.17) is 9.84 Å². The first kappa shape index (κ1) is 29.0. The smallest absolute Gasteiger partial charge is 0.408 e. The number of benzene rings is 2. The molecule has 0 aliphatic heterocycles. The first-order valence-electron chi connectivity index (χ1n) is 11.6. The van der Waals surface area contributed by atoms with Crippen molar-refractivity contribution < 1.29 is 33.7 Å². The fourth-order valence-corrected chi connectivity index (χ4v) is 4.97. The Hall–Kier alpha value is -3.20. The Morgan fingerprint density at radius 3 is 2.00 bits per heavy atom. The molecular formula is C25H34N3O7P. The third-order valence-electron chi connectivity index (χ3n) is 5.29. The van der Waals surface area contributed by atoms with Crippen LogP contribution in [-0.4, -0.2) is 45.8 Å². The van der Waals surface area contributed by atoms with Crippen LogP contribution in [0, 0.1) is 5.92 Å². The highest BCUT2D eigenvalue weighted by molar-refractivity contribution is 7.56. The molecule has 0 saturated heterocycles. The SMILES string of the molecule is CC(C)CC(NP(=O)(O)[C@@H](Cc1ccccc1)NC(=O)OCc1ccccc1)C(=O)NC(C)C(=O)O. The average molecular weight is 520 g/mol. The Morgan fingerprint density at radius 1 is 0.917 bits per heavy atom. The number of hydrogen-bond donors (Lipinski definition) is 5. The first-order valence-corrected chi connectivity index (χ1v) is 13.4. The highest BCUT2D eigenvalue weighted by Gasteiger charge is 2.37. The van der Waals surface area contributed by atoms with Gasteiger partial charge in [-0.1, -0.05) is 74.5 Å². The van der Waals surface area contributed by atoms with Crippen LogP contribution in [0.4, 0.5) is 4.79 Å². The predicted octanol–water partition coefficient (Wildman–Crippen LogP) is 3.26. The van der Waals surface area contributed by atoms with Crippen LogP contribution < -0.4 is 15.7 Å². The van der Waals surface area contributed by atoms with E-state index < -0.39 is 43.4 Å². The molecule has 0 fully saturated rings. The molecule has 0 aliphatic rings. The number of carboxylic acid groups (broad SMARTS) is 1. The van der Waals surface area contributed by atoms with E-state index in [0.29, 0.717) is 5.56 Å². The van der Waals surface area contributed by atoms with Crippen LogP contribution in [0.25, 0.3) is 0 Å². The van der Waals surface area contributed by atoms with Gasteiger partial charge in [0, 0.05) is 6.42 Å². The largest absolute Gasteiger partial charge is 0.480 e. The van der Waals surface area contributed by atoms with Crippen molar-refractivity contribution in [2.24, 2.45) is 5.92 Å². The minimum Gasteiger partial charge on any atom is -0.480 e. The van der Waals surface area contributed by atoms with Crippen molar-refractivity contribution in [3.63, 3.8) is 0 Å². The van der Waals surface area contributed by atoms with E-state index in [1.54, 1.807) is 54.6 Å². The molecule has 4 atom stereocenters. The highest BCUT2D eigenvalue weighted by atomic mass is 31.2. The van der Waals surface area contributed by atoms with Gasteiger partial charge in [0.2, 0.25) is 5.91 Å². The second kappa shape index (κ2) is 13.8. The van der Waals surface area contributed by atoms with Crippen molar-refractivity contribution in [3.05, 3.63) is 71.8 Å². The molecule has 0 saturated carbocycles. The maximum Gasteiger partial charge on any atom is 0.408 e. The first-order chi connectivity index (χ1) is 17.0. The van der Waals surface area contributed by atoms with Crippen LogP contribution in [-0.2, 0) is 31.9 Å². The molecule has 36 heavy (non-hydrogen) atoms. The molecule has 3 unspecified atom stereocenters. The normalized spacial score (nSPS) is 15.2. The zero-order valence-electron chi connectivity index (χ0n) is 20.6. The quantitative estimate of drug-likeness (QED) is 0.253. The molecule has 0 heterocycles. The Bertz CT molecular complexity index is 1050. The summed E-state index contributed by atoms with van der Waals surface area (Å²) >= 11 is 0. The molecule has 0 radical (unpaired) electrons. The van der Waals surface area contributed by atoms with E-state index in [1.165, 1.54) is 6.92 Å². The highest BCUT2D eigenvalue weighted by Crippen LogP contribution is 2.43. The average Bonchev–Trinajstić information content (AvgIpc) is 2.82. The molecule has 2 aromatic rings. The summed E-state index contributed by atoms with van der Waals surface area (Å²) in [6.07, 6.45) is -0.733. The molecule has 10 nitrogen and oxygen atoms in total. The van der Waals surface area contributed by atoms with Crippen LogP contribution >= 0.6 is 7.52 Å². The van der Waals surface area contributed by atoms with Crippen molar-refractivity contribution >= 4 is 25.5 Å². The van der Waals surface area contributed by atoms with Gasteiger partial charge in [0.1, 0.15) is 18.4 Å². The number of carbonyl (C=O) groups excluding carboxylic acids is 2. The molecule has 0 bridgehead atoms. The number of hydrogen-bond acceptors (Lipinski definition) is 5. The van der Waals surface area contributed by atoms with E-state index in [9.17, 15) is 23.8 Å². The van der Waals surface area contributed by atoms with E-state index in [1.807, 2.05) is 19.9 Å². The van der Waals surface area contributed by atoms with Crippen molar-refractivity contribution in [3.8, 4) is 0 Å². The van der Waals surface area contributed by atoms with Gasteiger partial charge in [0.15, 0.2) is 0 Å². The number of carboxylic acids is 1. The standard InChI is InChI=1S/C25H34N3O7P/c1-17(2)14-21(23(29)26-18(3)24(30)31)28-36(33,34)22(15-19-10-6-4-7-11-19)27-25(32)35-16-20-12-8-5-9-13-20/h4-13,17-18,21-22H,14-16H2,1-3H3,(H,26,29)(H,27,32)(H,30,31)(H2,28,33,34)/t18?,21?,22-/m0/s1. The lowest BCUT2D eigenvalue weighted by Crippen LogP contribution is -2.50. The van der Waals surface area contributed by atoms with Crippen molar-refractivity contribution in [2.45, 2.75) is 58.1 Å². The summed E-state index contributed by atoms with van der Waals surface area (Å²) in [4.78, 5) is 47.5. The fraction of sp³-hybridized carbons (Fsp3) is 0.400. The number of ether oxygens (including phenoxy) is 1. The maximum absolute atomic E-state index is 13.5. The van der Waals surface area contributed by atoms with Crippen molar-refractivity contribution in [2.75, 3.05) is 0 Å². The van der Waals surface area contributed by atoms with Crippen LogP contribution in [0.1, 0.15) is 38.3 Å². The fourth-order valence-electron chi connectivity index (χ4n) is 3.38. The molecule has 196 valence electrons. The van der Waals surface area contributed by atoms with Gasteiger partial charge in [-0.3, -0.25) is 14.2 Å². The second-order valence-corrected chi connectivity index (χ2v) is 11.0. The molecule has 2 amide bonds. The lowest BCUT2D eigenvalue weighted by molar-refractivity contribution is -0.141. The molecule has 0 spiro atoms. The molecule has 2 aromatic carbocycles. The van der Waals surface area contributed by atoms with Gasteiger partial charge >= 0.3 is 12.1 Å². The van der Waals surface area contributed by atoms with Gasteiger partial charge < -0.3 is 25.4 Å². The van der Waals surface area contributed by atoms with Crippen molar-refractivity contribution in [1.29, 1.82) is 0 Å². The van der Waals surface area contributed by atoms with Crippen molar-refractivity contribution in [1.82, 2.24) is 15.7 Å². The van der Waals surface area contributed by atoms with E-state index in [0.717, 1.165) is 5.56 Å². The van der Waals surface area contributed by atoms with E-state index in [2.05, 4.69) is 15.7 Å². The summed E-state index contributed by atoms with van der Waals surface area (Å²) in [5.41, 5.74) is 1.44. The minimum absolute atomic E-state index is 0.0103. The number of alkyl carbamates (subject to hydrolysis) is 1. The summed E-state index contributed by atoms with van der Waals surface area (Å²) in [6, 6.07) is 15.4. The van der Waals surface area contributed by atoms with Gasteiger partial charge in [-0.2, -0.15) is 0 Å². The lowest BCUT2D eigenvalue weighted by atomic mass is 10.0. The van der Waals surface area contributed by atoms with Crippen LogP contribution in [0.3, 0.4) is 0 Å². The minimum atomic E-state index is -4.42. The summed E-state index contributed by atoms with van der Waals surface area (Å²) in [7, 11) is -4.42. The number of nitrogens with one attached hydrogen (secondary N) is 3. The maximum atomic E-state index is 13.5. The second-order valence-electron chi connectivity index (χ2n) is 8.91. The Labute approximate surface area is 211 Å². The summed E-state index contributed by atoms with van der Waals surface area (Å²) in [5.74, 6) is -3.33. The van der Waals surface area contributed by atoms with Gasteiger partial charge in [0.25, 0.3) is 7.52 Å². The van der Waals surface area contributed by atoms with Gasteiger partial charge in [-0.25, -0.2) is 9.88 Å². The topological polar surface area (TPSA) is 154 Å². The van der Waals surface area contributed by atoms with Crippen LogP contribution in [0.2, 0.25) is 0 Å². The van der Waals surface area contributed by atoms with Gasteiger partial charge in [-0.15, -0.1) is 0 Å². The molecule has 2 rings (SSSR count). The summed E-state index contributed by atoms with van der Waals surface area (Å²) in [6.45, 7) is 4.92. The number of carbonyl (C=O) groups is 3. The number of amides is 2. The lowest BCUT2D eigenvalue weighted by Gasteiger charge is -2.29. The zero-order valence-corrected chi connectivity index (χ0v) is 21.5. The molecule has 0 aromatic heterocycles. The van der Waals surface area contributed by atoms with Crippen LogP contribution in [0.15, 0.2) is 60.7 Å².